The molecule has 1 saturated heterocycles. The molecular weight excluding hydrogens is 252 g/mol. The van der Waals surface area contributed by atoms with Crippen LogP contribution in [0.4, 0.5) is 0 Å². The van der Waals surface area contributed by atoms with E-state index in [9.17, 15) is 9.59 Å². The maximum absolute atomic E-state index is 11.9. The summed E-state index contributed by atoms with van der Waals surface area (Å²) in [5.41, 5.74) is 0.657. The molecule has 0 aromatic heterocycles. The normalized spacial score (nSPS) is 18.2. The van der Waals surface area contributed by atoms with Gasteiger partial charge < -0.3 is 5.11 Å². The average Bonchev–Trinajstić information content (AvgIpc) is 2.34. The molecule has 2 amide bonds. The molecule has 6 heteroatoms. The molecule has 0 spiro atoms. The summed E-state index contributed by atoms with van der Waals surface area (Å²) in [5, 5.41) is 11.7. The van der Waals surface area contributed by atoms with E-state index >= 15 is 0 Å². The van der Waals surface area contributed by atoms with Gasteiger partial charge in [-0.05, 0) is 36.0 Å². The molecule has 1 aromatic carbocycles. The van der Waals surface area contributed by atoms with Gasteiger partial charge >= 0.3 is 0 Å². The summed E-state index contributed by atoms with van der Waals surface area (Å²) in [6.07, 6.45) is 1.45. The molecule has 0 unspecified atom stereocenters. The fourth-order valence-electron chi connectivity index (χ4n) is 1.48. The Morgan fingerprint density at radius 1 is 1.28 bits per heavy atom. The summed E-state index contributed by atoms with van der Waals surface area (Å²) in [7, 11) is 1.49. The van der Waals surface area contributed by atoms with Gasteiger partial charge in [0.05, 0.1) is 0 Å². The maximum atomic E-state index is 11.9. The number of hydrogen-bond acceptors (Lipinski definition) is 4. The van der Waals surface area contributed by atoms with Crippen molar-refractivity contribution in [3.8, 4) is 5.75 Å². The molecule has 0 saturated carbocycles. The molecule has 92 valence electrons. The molecule has 2 rings (SSSR count). The van der Waals surface area contributed by atoms with Crippen molar-refractivity contribution in [2.75, 3.05) is 7.05 Å². The topological polar surface area (TPSA) is 69.6 Å². The highest BCUT2D eigenvalue weighted by Crippen LogP contribution is 2.15. The predicted octanol–water partition coefficient (Wildman–Crippen LogP) is 0.649. The van der Waals surface area contributed by atoms with Gasteiger partial charge in [0.15, 0.2) is 5.11 Å². The Morgan fingerprint density at radius 3 is 2.50 bits per heavy atom. The number of phenolic OH excluding ortho intramolecular Hbond substituents is 1. The standard InChI is InChI=1S/C12H10N2O3S/c1-14-11(17)9(10(16)13-12(14)18)6-7-2-4-8(15)5-3-7/h2-6,15H,1H3,(H,13,16,18). The summed E-state index contributed by atoms with van der Waals surface area (Å²) in [6.45, 7) is 0. The van der Waals surface area contributed by atoms with Gasteiger partial charge in [0.1, 0.15) is 11.3 Å². The number of thiocarbonyl (C=S) groups is 1. The lowest BCUT2D eigenvalue weighted by Crippen LogP contribution is -2.52. The fourth-order valence-corrected chi connectivity index (χ4v) is 1.66. The Kier molecular flexibility index (Phi) is 3.12. The van der Waals surface area contributed by atoms with Crippen LogP contribution in [0.15, 0.2) is 29.8 Å². The lowest BCUT2D eigenvalue weighted by molar-refractivity contribution is -0.128. The molecule has 1 aromatic rings. The quantitative estimate of drug-likeness (QED) is 0.443. The van der Waals surface area contributed by atoms with Crippen molar-refractivity contribution < 1.29 is 14.7 Å². The van der Waals surface area contributed by atoms with E-state index in [4.69, 9.17) is 17.3 Å². The number of likely N-dealkylation sites (N-methyl/N-ethyl adjacent to an activating group) is 1. The first-order valence-electron chi connectivity index (χ1n) is 5.13. The van der Waals surface area contributed by atoms with Crippen LogP contribution in [0.2, 0.25) is 0 Å². The maximum Gasteiger partial charge on any atom is 0.265 e. The first kappa shape index (κ1) is 12.3. The minimum Gasteiger partial charge on any atom is -0.508 e. The molecule has 1 heterocycles. The van der Waals surface area contributed by atoms with Crippen LogP contribution in [0.25, 0.3) is 6.08 Å². The number of carbonyl (C=O) groups excluding carboxylic acids is 2. The van der Waals surface area contributed by atoms with E-state index in [1.54, 1.807) is 12.1 Å². The Labute approximate surface area is 109 Å². The van der Waals surface area contributed by atoms with Crippen molar-refractivity contribution in [2.24, 2.45) is 0 Å². The van der Waals surface area contributed by atoms with Gasteiger partial charge in [0.2, 0.25) is 0 Å². The molecule has 1 fully saturated rings. The number of carbonyl (C=O) groups is 2. The van der Waals surface area contributed by atoms with Crippen LogP contribution >= 0.6 is 12.2 Å². The van der Waals surface area contributed by atoms with Gasteiger partial charge in [-0.2, -0.15) is 0 Å². The Morgan fingerprint density at radius 2 is 1.89 bits per heavy atom. The van der Waals surface area contributed by atoms with Gasteiger partial charge in [-0.3, -0.25) is 19.8 Å². The molecule has 1 aliphatic heterocycles. The average molecular weight is 262 g/mol. The zero-order valence-corrected chi connectivity index (χ0v) is 10.3. The third kappa shape index (κ3) is 2.23. The zero-order chi connectivity index (χ0) is 13.3. The second-order valence-electron chi connectivity index (χ2n) is 3.77. The molecule has 18 heavy (non-hydrogen) atoms. The molecule has 1 aliphatic rings. The third-order valence-electron chi connectivity index (χ3n) is 2.51. The fraction of sp³-hybridized carbons (Fsp3) is 0.0833. The van der Waals surface area contributed by atoms with Gasteiger partial charge in [-0.25, -0.2) is 0 Å². The van der Waals surface area contributed by atoms with Crippen LogP contribution in [-0.2, 0) is 9.59 Å². The largest absolute Gasteiger partial charge is 0.508 e. The van der Waals surface area contributed by atoms with E-state index in [1.807, 2.05) is 0 Å². The summed E-state index contributed by atoms with van der Waals surface area (Å²) in [4.78, 5) is 24.7. The Hall–Kier alpha value is -2.21. The lowest BCUT2D eigenvalue weighted by Gasteiger charge is -2.24. The minimum absolute atomic E-state index is 0.0109. The molecule has 0 bridgehead atoms. The summed E-state index contributed by atoms with van der Waals surface area (Å²) in [5.74, 6) is -0.845. The molecule has 2 N–H and O–H groups in total. The lowest BCUT2D eigenvalue weighted by atomic mass is 10.1. The number of benzene rings is 1. The van der Waals surface area contributed by atoms with Crippen LogP contribution in [0.5, 0.6) is 5.75 Å². The smallest absolute Gasteiger partial charge is 0.265 e. The highest BCUT2D eigenvalue weighted by Gasteiger charge is 2.30. The highest BCUT2D eigenvalue weighted by atomic mass is 32.1. The van der Waals surface area contributed by atoms with Crippen LogP contribution in [0.3, 0.4) is 0 Å². The second kappa shape index (κ2) is 4.58. The molecule has 0 radical (unpaired) electrons. The molecular formula is C12H10N2O3S. The van der Waals surface area contributed by atoms with E-state index in [0.29, 0.717) is 5.56 Å². The minimum atomic E-state index is -0.517. The van der Waals surface area contributed by atoms with Crippen molar-refractivity contribution in [2.45, 2.75) is 0 Å². The van der Waals surface area contributed by atoms with E-state index < -0.39 is 11.8 Å². The number of rotatable bonds is 1. The van der Waals surface area contributed by atoms with Gasteiger partial charge in [0, 0.05) is 7.05 Å². The molecule has 0 aliphatic carbocycles. The zero-order valence-electron chi connectivity index (χ0n) is 9.51. The van der Waals surface area contributed by atoms with Crippen molar-refractivity contribution in [1.29, 1.82) is 0 Å². The van der Waals surface area contributed by atoms with Gasteiger partial charge in [0.25, 0.3) is 11.8 Å². The Balaban J connectivity index is 2.37. The summed E-state index contributed by atoms with van der Waals surface area (Å²) >= 11 is 4.83. The van der Waals surface area contributed by atoms with Crippen molar-refractivity contribution in [1.82, 2.24) is 10.2 Å². The van der Waals surface area contributed by atoms with Crippen molar-refractivity contribution >= 4 is 35.2 Å². The second-order valence-corrected chi connectivity index (χ2v) is 4.16. The first-order valence-corrected chi connectivity index (χ1v) is 5.54. The number of aromatic hydroxyl groups is 1. The van der Waals surface area contributed by atoms with E-state index in [0.717, 1.165) is 0 Å². The summed E-state index contributed by atoms with van der Waals surface area (Å²) in [6, 6.07) is 6.17. The van der Waals surface area contributed by atoms with E-state index in [-0.39, 0.29) is 16.4 Å². The monoisotopic (exact) mass is 262 g/mol. The summed E-state index contributed by atoms with van der Waals surface area (Å²) < 4.78 is 0. The predicted molar refractivity (Wildman–Crippen MR) is 69.6 cm³/mol. The Bertz CT molecular complexity index is 563. The number of phenols is 1. The van der Waals surface area contributed by atoms with Crippen molar-refractivity contribution in [3.63, 3.8) is 0 Å². The third-order valence-corrected chi connectivity index (χ3v) is 2.88. The SMILES string of the molecule is CN1C(=O)C(=Cc2ccc(O)cc2)C(=O)NC1=S. The molecule has 0 atom stereocenters. The highest BCUT2D eigenvalue weighted by molar-refractivity contribution is 7.80. The van der Waals surface area contributed by atoms with E-state index in [2.05, 4.69) is 5.32 Å². The number of hydrogen-bond donors (Lipinski definition) is 2. The van der Waals surface area contributed by atoms with Crippen molar-refractivity contribution in [3.05, 3.63) is 35.4 Å². The number of nitrogens with zero attached hydrogens (tertiary/aromatic N) is 1. The van der Waals surface area contributed by atoms with Crippen LogP contribution in [-0.4, -0.2) is 34.0 Å². The number of amides is 2. The van der Waals surface area contributed by atoms with Gasteiger partial charge in [-0.15, -0.1) is 0 Å². The van der Waals surface area contributed by atoms with E-state index in [1.165, 1.54) is 30.2 Å². The van der Waals surface area contributed by atoms with Gasteiger partial charge in [-0.1, -0.05) is 12.1 Å². The number of nitrogens with one attached hydrogen (secondary N) is 1. The van der Waals surface area contributed by atoms with Crippen LogP contribution in [0.1, 0.15) is 5.56 Å². The first-order chi connectivity index (χ1) is 8.49. The molecule has 5 nitrogen and oxygen atoms in total. The van der Waals surface area contributed by atoms with Crippen LogP contribution < -0.4 is 5.32 Å². The van der Waals surface area contributed by atoms with Crippen LogP contribution in [0, 0.1) is 0 Å².